The molecular weight excluding hydrogens is 256 g/mol. The van der Waals surface area contributed by atoms with Gasteiger partial charge >= 0.3 is 0 Å². The third-order valence-corrected chi connectivity index (χ3v) is 3.41. The van der Waals surface area contributed by atoms with Crippen molar-refractivity contribution in [2.75, 3.05) is 26.3 Å². The van der Waals surface area contributed by atoms with Gasteiger partial charge in [-0.1, -0.05) is 13.3 Å². The van der Waals surface area contributed by atoms with Crippen LogP contribution in [-0.2, 0) is 17.7 Å². The highest BCUT2D eigenvalue weighted by atomic mass is 16.5. The highest BCUT2D eigenvalue weighted by Crippen LogP contribution is 2.14. The van der Waals surface area contributed by atoms with Crippen LogP contribution < -0.4 is 10.6 Å². The van der Waals surface area contributed by atoms with Crippen molar-refractivity contribution in [3.63, 3.8) is 0 Å². The van der Waals surface area contributed by atoms with Gasteiger partial charge in [0.25, 0.3) is 5.91 Å². The van der Waals surface area contributed by atoms with E-state index in [0.29, 0.717) is 25.4 Å². The van der Waals surface area contributed by atoms with Crippen molar-refractivity contribution >= 4 is 5.91 Å². The molecule has 0 fully saturated rings. The molecule has 6 heteroatoms. The zero-order valence-corrected chi connectivity index (χ0v) is 12.1. The van der Waals surface area contributed by atoms with Gasteiger partial charge < -0.3 is 15.4 Å². The van der Waals surface area contributed by atoms with E-state index in [-0.39, 0.29) is 5.91 Å². The molecule has 1 amide bonds. The second-order valence-electron chi connectivity index (χ2n) is 5.03. The molecule has 3 N–H and O–H groups in total. The smallest absolute Gasteiger partial charge is 0.272 e. The number of hydrogen-bond donors (Lipinski definition) is 3. The summed E-state index contributed by atoms with van der Waals surface area (Å²) >= 11 is 0. The molecule has 0 spiro atoms. The molecule has 0 bridgehead atoms. The lowest BCUT2D eigenvalue weighted by Crippen LogP contribution is -2.29. The standard InChI is InChI=1S/C14H24N4O2/c1-2-3-8-20-9-4-6-16-14(19)13-11-10-15-7-5-12(11)17-18-13/h15H,2-10H2,1H3,(H,16,19)(H,17,18). The third-order valence-electron chi connectivity index (χ3n) is 3.41. The van der Waals surface area contributed by atoms with E-state index in [4.69, 9.17) is 4.74 Å². The molecule has 112 valence electrons. The Morgan fingerprint density at radius 2 is 2.25 bits per heavy atom. The summed E-state index contributed by atoms with van der Waals surface area (Å²) in [5, 5.41) is 13.2. The van der Waals surface area contributed by atoms with Crippen LogP contribution in [0.25, 0.3) is 0 Å². The van der Waals surface area contributed by atoms with Gasteiger partial charge in [0.2, 0.25) is 0 Å². The highest BCUT2D eigenvalue weighted by Gasteiger charge is 2.20. The van der Waals surface area contributed by atoms with Gasteiger partial charge in [-0.15, -0.1) is 0 Å². The highest BCUT2D eigenvalue weighted by molar-refractivity contribution is 5.94. The summed E-state index contributed by atoms with van der Waals surface area (Å²) in [6.07, 6.45) is 3.98. The van der Waals surface area contributed by atoms with Gasteiger partial charge in [0.15, 0.2) is 5.69 Å². The Morgan fingerprint density at radius 1 is 1.40 bits per heavy atom. The number of H-pyrrole nitrogens is 1. The molecule has 1 aromatic rings. The van der Waals surface area contributed by atoms with Gasteiger partial charge in [0.05, 0.1) is 0 Å². The number of carbonyl (C=O) groups excluding carboxylic acids is 1. The fraction of sp³-hybridized carbons (Fsp3) is 0.714. The van der Waals surface area contributed by atoms with Crippen LogP contribution in [0.5, 0.6) is 0 Å². The van der Waals surface area contributed by atoms with E-state index in [1.165, 1.54) is 0 Å². The summed E-state index contributed by atoms with van der Waals surface area (Å²) in [6.45, 7) is 5.92. The topological polar surface area (TPSA) is 79.0 Å². The number of hydrogen-bond acceptors (Lipinski definition) is 4. The van der Waals surface area contributed by atoms with Crippen LogP contribution in [0.15, 0.2) is 0 Å². The molecule has 1 aromatic heterocycles. The number of ether oxygens (including phenoxy) is 1. The first-order valence-corrected chi connectivity index (χ1v) is 7.45. The molecule has 6 nitrogen and oxygen atoms in total. The quantitative estimate of drug-likeness (QED) is 0.621. The van der Waals surface area contributed by atoms with Crippen LogP contribution in [-0.4, -0.2) is 42.4 Å². The molecule has 0 unspecified atom stereocenters. The minimum Gasteiger partial charge on any atom is -0.381 e. The van der Waals surface area contributed by atoms with Crippen molar-refractivity contribution in [1.82, 2.24) is 20.8 Å². The van der Waals surface area contributed by atoms with Crippen LogP contribution in [0.4, 0.5) is 0 Å². The number of rotatable bonds is 8. The molecule has 0 aliphatic carbocycles. The molecule has 0 atom stereocenters. The number of unbranched alkanes of at least 4 members (excludes halogenated alkanes) is 1. The molecule has 0 aromatic carbocycles. The SMILES string of the molecule is CCCCOCCCNC(=O)c1n[nH]c2c1CNCC2. The number of carbonyl (C=O) groups is 1. The van der Waals surface area contributed by atoms with Crippen molar-refractivity contribution in [2.45, 2.75) is 39.2 Å². The molecule has 1 aliphatic rings. The summed E-state index contributed by atoms with van der Waals surface area (Å²) in [4.78, 5) is 12.1. The first-order chi connectivity index (χ1) is 9.83. The zero-order valence-electron chi connectivity index (χ0n) is 12.1. The van der Waals surface area contributed by atoms with Gasteiger partial charge in [-0.2, -0.15) is 5.10 Å². The summed E-state index contributed by atoms with van der Waals surface area (Å²) in [6, 6.07) is 0. The Balaban J connectivity index is 1.69. The Morgan fingerprint density at radius 3 is 3.10 bits per heavy atom. The molecule has 20 heavy (non-hydrogen) atoms. The summed E-state index contributed by atoms with van der Waals surface area (Å²) in [5.74, 6) is -0.0974. The Bertz CT molecular complexity index is 431. The van der Waals surface area contributed by atoms with Gasteiger partial charge in [-0.3, -0.25) is 9.89 Å². The maximum Gasteiger partial charge on any atom is 0.272 e. The predicted molar refractivity (Wildman–Crippen MR) is 76.7 cm³/mol. The Kier molecular flexibility index (Phi) is 6.01. The monoisotopic (exact) mass is 280 g/mol. The molecular formula is C14H24N4O2. The number of aromatic amines is 1. The lowest BCUT2D eigenvalue weighted by molar-refractivity contribution is 0.0934. The number of nitrogens with zero attached hydrogens (tertiary/aromatic N) is 1. The van der Waals surface area contributed by atoms with Gasteiger partial charge in [0, 0.05) is 50.5 Å². The predicted octanol–water partition coefficient (Wildman–Crippen LogP) is 0.992. The number of nitrogens with one attached hydrogen (secondary N) is 3. The van der Waals surface area contributed by atoms with Crippen LogP contribution in [0, 0.1) is 0 Å². The van der Waals surface area contributed by atoms with E-state index in [2.05, 4.69) is 27.8 Å². The van der Waals surface area contributed by atoms with E-state index in [0.717, 1.165) is 50.1 Å². The van der Waals surface area contributed by atoms with E-state index in [9.17, 15) is 4.79 Å². The van der Waals surface area contributed by atoms with Crippen molar-refractivity contribution in [3.05, 3.63) is 17.0 Å². The lowest BCUT2D eigenvalue weighted by atomic mass is 10.1. The number of amides is 1. The summed E-state index contributed by atoms with van der Waals surface area (Å²) < 4.78 is 5.45. The first kappa shape index (κ1) is 15.0. The minimum atomic E-state index is -0.0974. The molecule has 2 rings (SSSR count). The Hall–Kier alpha value is -1.40. The van der Waals surface area contributed by atoms with Gasteiger partial charge in [0.1, 0.15) is 0 Å². The number of fused-ring (bicyclic) bond motifs is 1. The molecule has 0 saturated carbocycles. The maximum absolute atomic E-state index is 12.1. The van der Waals surface area contributed by atoms with Crippen LogP contribution in [0.1, 0.15) is 47.9 Å². The van der Waals surface area contributed by atoms with Crippen LogP contribution in [0.3, 0.4) is 0 Å². The average molecular weight is 280 g/mol. The van der Waals surface area contributed by atoms with Crippen molar-refractivity contribution < 1.29 is 9.53 Å². The molecule has 0 saturated heterocycles. The maximum atomic E-state index is 12.1. The van der Waals surface area contributed by atoms with Crippen molar-refractivity contribution in [2.24, 2.45) is 0 Å². The average Bonchev–Trinajstić information content (AvgIpc) is 2.90. The minimum absolute atomic E-state index is 0.0974. The molecule has 2 heterocycles. The number of aromatic nitrogens is 2. The van der Waals surface area contributed by atoms with Gasteiger partial charge in [-0.05, 0) is 12.8 Å². The zero-order chi connectivity index (χ0) is 14.2. The van der Waals surface area contributed by atoms with E-state index in [1.54, 1.807) is 0 Å². The van der Waals surface area contributed by atoms with E-state index >= 15 is 0 Å². The fourth-order valence-corrected chi connectivity index (χ4v) is 2.22. The normalized spacial score (nSPS) is 14.1. The van der Waals surface area contributed by atoms with Crippen LogP contribution >= 0.6 is 0 Å². The van der Waals surface area contributed by atoms with E-state index in [1.807, 2.05) is 0 Å². The summed E-state index contributed by atoms with van der Waals surface area (Å²) in [7, 11) is 0. The molecule has 1 aliphatic heterocycles. The lowest BCUT2D eigenvalue weighted by Gasteiger charge is -2.12. The molecule has 0 radical (unpaired) electrons. The first-order valence-electron chi connectivity index (χ1n) is 7.45. The van der Waals surface area contributed by atoms with Crippen molar-refractivity contribution in [1.29, 1.82) is 0 Å². The van der Waals surface area contributed by atoms with Gasteiger partial charge in [-0.25, -0.2) is 0 Å². The largest absolute Gasteiger partial charge is 0.381 e. The third kappa shape index (κ3) is 4.05. The van der Waals surface area contributed by atoms with Crippen molar-refractivity contribution in [3.8, 4) is 0 Å². The van der Waals surface area contributed by atoms with Crippen LogP contribution in [0.2, 0.25) is 0 Å². The second-order valence-corrected chi connectivity index (χ2v) is 5.03. The fourth-order valence-electron chi connectivity index (χ4n) is 2.22. The Labute approximate surface area is 119 Å². The second kappa shape index (κ2) is 8.01. The summed E-state index contributed by atoms with van der Waals surface area (Å²) in [5.41, 5.74) is 2.61. The van der Waals surface area contributed by atoms with E-state index < -0.39 is 0 Å².